The van der Waals surface area contributed by atoms with E-state index in [1.54, 1.807) is 11.4 Å². The van der Waals surface area contributed by atoms with Crippen molar-refractivity contribution in [2.45, 2.75) is 39.2 Å². The van der Waals surface area contributed by atoms with Crippen LogP contribution in [0.3, 0.4) is 0 Å². The third-order valence-electron chi connectivity index (χ3n) is 5.06. The van der Waals surface area contributed by atoms with Crippen LogP contribution in [-0.2, 0) is 23.6 Å². The summed E-state index contributed by atoms with van der Waals surface area (Å²) >= 11 is 0. The van der Waals surface area contributed by atoms with Gasteiger partial charge in [-0.3, -0.25) is 9.67 Å². The first-order valence-electron chi connectivity index (χ1n) is 9.51. The summed E-state index contributed by atoms with van der Waals surface area (Å²) in [4.78, 5) is 6.51. The molecule has 1 fully saturated rings. The van der Waals surface area contributed by atoms with Crippen molar-refractivity contribution in [1.29, 1.82) is 0 Å². The van der Waals surface area contributed by atoms with Gasteiger partial charge >= 0.3 is 0 Å². The SMILES string of the molecule is CN=C(NCC1CCN(S(C)(=O)=O)CC1)N(C)Cc1cn(C)nc1C(C)C. The summed E-state index contributed by atoms with van der Waals surface area (Å²) in [5.74, 6) is 1.68. The lowest BCUT2D eigenvalue weighted by Gasteiger charge is -2.31. The Hall–Kier alpha value is -1.61. The Morgan fingerprint density at radius 2 is 2.04 bits per heavy atom. The minimum atomic E-state index is -3.07. The highest BCUT2D eigenvalue weighted by molar-refractivity contribution is 7.88. The minimum Gasteiger partial charge on any atom is -0.356 e. The fraction of sp³-hybridized carbons (Fsp3) is 0.778. The van der Waals surface area contributed by atoms with Crippen LogP contribution in [0.25, 0.3) is 0 Å². The smallest absolute Gasteiger partial charge is 0.211 e. The molecule has 2 rings (SSSR count). The number of piperidine rings is 1. The highest BCUT2D eigenvalue weighted by Crippen LogP contribution is 2.20. The van der Waals surface area contributed by atoms with Crippen molar-refractivity contribution in [3.05, 3.63) is 17.5 Å². The molecule has 0 aliphatic carbocycles. The highest BCUT2D eigenvalue weighted by Gasteiger charge is 2.25. The molecule has 9 heteroatoms. The Labute approximate surface area is 163 Å². The molecule has 8 nitrogen and oxygen atoms in total. The molecule has 0 spiro atoms. The van der Waals surface area contributed by atoms with Crippen molar-refractivity contribution < 1.29 is 8.42 Å². The largest absolute Gasteiger partial charge is 0.356 e. The topological polar surface area (TPSA) is 82.8 Å². The van der Waals surface area contributed by atoms with Crippen molar-refractivity contribution in [2.75, 3.05) is 40.0 Å². The molecule has 1 aromatic heterocycles. The highest BCUT2D eigenvalue weighted by atomic mass is 32.2. The Morgan fingerprint density at radius 1 is 1.41 bits per heavy atom. The number of aromatic nitrogens is 2. The van der Waals surface area contributed by atoms with Crippen LogP contribution in [0.2, 0.25) is 0 Å². The number of nitrogens with zero attached hydrogens (tertiary/aromatic N) is 5. The number of sulfonamides is 1. The number of hydrogen-bond donors (Lipinski definition) is 1. The monoisotopic (exact) mass is 398 g/mol. The lowest BCUT2D eigenvalue weighted by atomic mass is 9.98. The van der Waals surface area contributed by atoms with E-state index >= 15 is 0 Å². The van der Waals surface area contributed by atoms with Crippen LogP contribution >= 0.6 is 0 Å². The van der Waals surface area contributed by atoms with Crippen molar-refractivity contribution >= 4 is 16.0 Å². The molecule has 154 valence electrons. The van der Waals surface area contributed by atoms with Crippen LogP contribution in [0.1, 0.15) is 43.9 Å². The van der Waals surface area contributed by atoms with E-state index in [2.05, 4.69) is 40.4 Å². The van der Waals surface area contributed by atoms with Gasteiger partial charge in [0.05, 0.1) is 11.9 Å². The maximum atomic E-state index is 11.6. The van der Waals surface area contributed by atoms with Crippen LogP contribution in [0, 0.1) is 5.92 Å². The van der Waals surface area contributed by atoms with Crippen molar-refractivity contribution in [3.63, 3.8) is 0 Å². The predicted octanol–water partition coefficient (Wildman–Crippen LogP) is 1.22. The lowest BCUT2D eigenvalue weighted by Crippen LogP contribution is -2.44. The molecule has 1 aliphatic heterocycles. The van der Waals surface area contributed by atoms with E-state index < -0.39 is 10.0 Å². The molecule has 0 atom stereocenters. The van der Waals surface area contributed by atoms with Crippen molar-refractivity contribution in [2.24, 2.45) is 18.0 Å². The number of nitrogens with one attached hydrogen (secondary N) is 1. The summed E-state index contributed by atoms with van der Waals surface area (Å²) in [5, 5.41) is 8.02. The van der Waals surface area contributed by atoms with E-state index in [9.17, 15) is 8.42 Å². The van der Waals surface area contributed by atoms with Crippen LogP contribution < -0.4 is 5.32 Å². The third kappa shape index (κ3) is 5.93. The summed E-state index contributed by atoms with van der Waals surface area (Å²) < 4.78 is 26.7. The number of rotatable bonds is 6. The van der Waals surface area contributed by atoms with Gasteiger partial charge in [-0.2, -0.15) is 5.10 Å². The molecule has 0 radical (unpaired) electrons. The van der Waals surface area contributed by atoms with Crippen LogP contribution in [-0.4, -0.2) is 73.3 Å². The maximum Gasteiger partial charge on any atom is 0.211 e. The fourth-order valence-electron chi connectivity index (χ4n) is 3.56. The average molecular weight is 399 g/mol. The van der Waals surface area contributed by atoms with Crippen molar-refractivity contribution in [1.82, 2.24) is 24.3 Å². The van der Waals surface area contributed by atoms with Gasteiger partial charge in [-0.25, -0.2) is 12.7 Å². The first-order valence-corrected chi connectivity index (χ1v) is 11.4. The van der Waals surface area contributed by atoms with Gasteiger partial charge in [0.1, 0.15) is 0 Å². The molecule has 0 unspecified atom stereocenters. The molecule has 27 heavy (non-hydrogen) atoms. The van der Waals surface area contributed by atoms with Crippen LogP contribution in [0.5, 0.6) is 0 Å². The van der Waals surface area contributed by atoms with E-state index in [4.69, 9.17) is 0 Å². The Bertz CT molecular complexity index is 748. The van der Waals surface area contributed by atoms with E-state index in [1.165, 1.54) is 11.8 Å². The van der Waals surface area contributed by atoms with E-state index in [1.807, 2.05) is 18.8 Å². The Balaban J connectivity index is 1.89. The van der Waals surface area contributed by atoms with Crippen molar-refractivity contribution in [3.8, 4) is 0 Å². The molecule has 2 heterocycles. The maximum absolute atomic E-state index is 11.6. The molecule has 1 saturated heterocycles. The van der Waals surface area contributed by atoms with Gasteiger partial charge in [-0.15, -0.1) is 0 Å². The number of aliphatic imine (C=N–C) groups is 1. The second-order valence-corrected chi connectivity index (χ2v) is 9.74. The normalized spacial score (nSPS) is 17.5. The molecule has 0 aromatic carbocycles. The summed E-state index contributed by atoms with van der Waals surface area (Å²) in [5.41, 5.74) is 2.33. The quantitative estimate of drug-likeness (QED) is 0.575. The van der Waals surface area contributed by atoms with E-state index in [0.717, 1.165) is 37.6 Å². The molecule has 1 aliphatic rings. The van der Waals surface area contributed by atoms with Gasteiger partial charge in [0, 0.05) is 59.1 Å². The van der Waals surface area contributed by atoms with Gasteiger partial charge in [-0.1, -0.05) is 13.8 Å². The summed E-state index contributed by atoms with van der Waals surface area (Å²) in [6.45, 7) is 7.07. The average Bonchev–Trinajstić information content (AvgIpc) is 2.95. The second kappa shape index (κ2) is 9.05. The summed E-state index contributed by atoms with van der Waals surface area (Å²) in [6.07, 6.45) is 5.11. The first kappa shape index (κ1) is 21.7. The number of hydrogen-bond acceptors (Lipinski definition) is 4. The second-order valence-electron chi connectivity index (χ2n) is 7.76. The van der Waals surface area contributed by atoms with Gasteiger partial charge in [-0.05, 0) is 24.7 Å². The number of aryl methyl sites for hydroxylation is 1. The zero-order valence-corrected chi connectivity index (χ0v) is 18.3. The summed E-state index contributed by atoms with van der Waals surface area (Å²) in [6, 6.07) is 0. The lowest BCUT2D eigenvalue weighted by molar-refractivity contribution is 0.273. The molecular formula is C18H34N6O2S. The van der Waals surface area contributed by atoms with Crippen LogP contribution in [0.4, 0.5) is 0 Å². The van der Waals surface area contributed by atoms with E-state index in [0.29, 0.717) is 24.9 Å². The minimum absolute atomic E-state index is 0.379. The number of guanidine groups is 1. The molecule has 1 aromatic rings. The first-order chi connectivity index (χ1) is 12.6. The van der Waals surface area contributed by atoms with Gasteiger partial charge in [0.15, 0.2) is 5.96 Å². The standard InChI is InChI=1S/C18H34N6O2S/c1-14(2)17-16(13-23(5)21-17)12-22(4)18(19-3)20-11-15-7-9-24(10-8-15)27(6,25)26/h13-15H,7-12H2,1-6H3,(H,19,20). The predicted molar refractivity (Wildman–Crippen MR) is 109 cm³/mol. The van der Waals surface area contributed by atoms with Gasteiger partial charge in [0.25, 0.3) is 0 Å². The van der Waals surface area contributed by atoms with Gasteiger partial charge in [0.2, 0.25) is 10.0 Å². The zero-order chi connectivity index (χ0) is 20.2. The fourth-order valence-corrected chi connectivity index (χ4v) is 4.43. The molecule has 0 saturated carbocycles. The summed E-state index contributed by atoms with van der Waals surface area (Å²) in [7, 11) is 2.70. The molecule has 0 bridgehead atoms. The third-order valence-corrected chi connectivity index (χ3v) is 6.36. The molecule has 0 amide bonds. The van der Waals surface area contributed by atoms with Gasteiger partial charge < -0.3 is 10.2 Å². The Kier molecular flexibility index (Phi) is 7.27. The zero-order valence-electron chi connectivity index (χ0n) is 17.4. The van der Waals surface area contributed by atoms with Crippen LogP contribution in [0.15, 0.2) is 11.2 Å². The van der Waals surface area contributed by atoms with E-state index in [-0.39, 0.29) is 0 Å². The molecular weight excluding hydrogens is 364 g/mol. The Morgan fingerprint density at radius 3 is 2.56 bits per heavy atom. The molecule has 1 N–H and O–H groups in total.